The third-order valence-electron chi connectivity index (χ3n) is 2.94. The lowest BCUT2D eigenvalue weighted by Gasteiger charge is -2.15. The molecule has 1 aromatic carbocycles. The van der Waals surface area contributed by atoms with Gasteiger partial charge >= 0.3 is 0 Å². The summed E-state index contributed by atoms with van der Waals surface area (Å²) in [6.45, 7) is 8.98. The van der Waals surface area contributed by atoms with Gasteiger partial charge in [0.25, 0.3) is 0 Å². The van der Waals surface area contributed by atoms with E-state index in [1.54, 1.807) is 0 Å². The van der Waals surface area contributed by atoms with Gasteiger partial charge in [-0.25, -0.2) is 0 Å². The lowest BCUT2D eigenvalue weighted by Crippen LogP contribution is -2.32. The third-order valence-corrected chi connectivity index (χ3v) is 4.90. The fourth-order valence-corrected chi connectivity index (χ4v) is 4.31. The summed E-state index contributed by atoms with van der Waals surface area (Å²) in [5.41, 5.74) is 4.25. The average molecular weight is 206 g/mol. The van der Waals surface area contributed by atoms with Crippen LogP contribution in [0.4, 0.5) is 0 Å². The van der Waals surface area contributed by atoms with Crippen LogP contribution in [0.3, 0.4) is 0 Å². The summed E-state index contributed by atoms with van der Waals surface area (Å²) >= 11 is 0. The Morgan fingerprint density at radius 2 is 2.07 bits per heavy atom. The van der Waals surface area contributed by atoms with Gasteiger partial charge in [0.1, 0.15) is 5.75 Å². The van der Waals surface area contributed by atoms with E-state index in [1.807, 2.05) is 0 Å². The van der Waals surface area contributed by atoms with E-state index in [4.69, 9.17) is 4.43 Å². The standard InChI is InChI=1S/C12H18OSi/c1-5-10-7-6-9(2)11-8-14(3,4)13-12(10)11/h6-7H,5,8H2,1-4H3. The van der Waals surface area contributed by atoms with Crippen LogP contribution in [-0.2, 0) is 12.5 Å². The van der Waals surface area contributed by atoms with E-state index in [1.165, 1.54) is 28.5 Å². The van der Waals surface area contributed by atoms with E-state index < -0.39 is 8.32 Å². The summed E-state index contributed by atoms with van der Waals surface area (Å²) < 4.78 is 6.14. The number of hydrogen-bond acceptors (Lipinski definition) is 1. The minimum atomic E-state index is -1.42. The third kappa shape index (κ3) is 1.48. The molecule has 0 N–H and O–H groups in total. The summed E-state index contributed by atoms with van der Waals surface area (Å²) in [5.74, 6) is 1.21. The molecule has 2 rings (SSSR count). The summed E-state index contributed by atoms with van der Waals surface area (Å²) in [4.78, 5) is 0. The van der Waals surface area contributed by atoms with Gasteiger partial charge in [0.15, 0.2) is 0 Å². The fraction of sp³-hybridized carbons (Fsp3) is 0.500. The smallest absolute Gasteiger partial charge is 0.249 e. The zero-order valence-corrected chi connectivity index (χ0v) is 10.5. The molecule has 0 aromatic heterocycles. The van der Waals surface area contributed by atoms with E-state index in [9.17, 15) is 0 Å². The minimum absolute atomic E-state index is 1.08. The molecule has 0 saturated heterocycles. The van der Waals surface area contributed by atoms with Crippen molar-refractivity contribution >= 4 is 8.32 Å². The van der Waals surface area contributed by atoms with Crippen LogP contribution >= 0.6 is 0 Å². The lowest BCUT2D eigenvalue weighted by atomic mass is 10.0. The van der Waals surface area contributed by atoms with E-state index in [-0.39, 0.29) is 0 Å². The molecule has 0 atom stereocenters. The SMILES string of the molecule is CCc1ccc(C)c2c1O[Si](C)(C)C2. The highest BCUT2D eigenvalue weighted by molar-refractivity contribution is 6.72. The first-order valence-corrected chi connectivity index (χ1v) is 8.45. The molecule has 1 aliphatic rings. The topological polar surface area (TPSA) is 9.23 Å². The van der Waals surface area contributed by atoms with Gasteiger partial charge in [-0.1, -0.05) is 19.1 Å². The van der Waals surface area contributed by atoms with Crippen molar-refractivity contribution in [2.24, 2.45) is 0 Å². The van der Waals surface area contributed by atoms with Gasteiger partial charge in [-0.2, -0.15) is 0 Å². The van der Waals surface area contributed by atoms with E-state index in [2.05, 4.69) is 39.1 Å². The Morgan fingerprint density at radius 1 is 1.36 bits per heavy atom. The van der Waals surface area contributed by atoms with Crippen molar-refractivity contribution < 1.29 is 4.43 Å². The first kappa shape index (κ1) is 9.78. The first-order chi connectivity index (χ1) is 6.53. The highest BCUT2D eigenvalue weighted by Crippen LogP contribution is 2.37. The second-order valence-corrected chi connectivity index (χ2v) is 8.82. The average Bonchev–Trinajstić information content (AvgIpc) is 2.42. The van der Waals surface area contributed by atoms with Crippen LogP contribution in [0, 0.1) is 6.92 Å². The molecule has 1 heterocycles. The number of rotatable bonds is 1. The van der Waals surface area contributed by atoms with Gasteiger partial charge in [-0.15, -0.1) is 0 Å². The normalized spacial score (nSPS) is 17.7. The molecule has 0 fully saturated rings. The van der Waals surface area contributed by atoms with Crippen molar-refractivity contribution in [2.45, 2.75) is 39.4 Å². The van der Waals surface area contributed by atoms with E-state index in [0.717, 1.165) is 6.42 Å². The largest absolute Gasteiger partial charge is 0.543 e. The van der Waals surface area contributed by atoms with Crippen molar-refractivity contribution in [1.82, 2.24) is 0 Å². The Balaban J connectivity index is 2.53. The van der Waals surface area contributed by atoms with Crippen molar-refractivity contribution in [1.29, 1.82) is 0 Å². The summed E-state index contributed by atoms with van der Waals surface area (Å²) in [5, 5.41) is 0. The van der Waals surface area contributed by atoms with Crippen molar-refractivity contribution in [3.8, 4) is 5.75 Å². The summed E-state index contributed by atoms with van der Waals surface area (Å²) in [7, 11) is -1.42. The van der Waals surface area contributed by atoms with Gasteiger partial charge < -0.3 is 4.43 Å². The Hall–Kier alpha value is -0.763. The van der Waals surface area contributed by atoms with Gasteiger partial charge in [0.05, 0.1) is 0 Å². The van der Waals surface area contributed by atoms with Crippen LogP contribution in [0.2, 0.25) is 13.1 Å². The van der Waals surface area contributed by atoms with Crippen LogP contribution in [0.1, 0.15) is 23.6 Å². The molecule has 0 unspecified atom stereocenters. The first-order valence-electron chi connectivity index (χ1n) is 5.34. The van der Waals surface area contributed by atoms with Crippen molar-refractivity contribution in [3.63, 3.8) is 0 Å². The molecule has 0 spiro atoms. The Kier molecular flexibility index (Phi) is 2.18. The van der Waals surface area contributed by atoms with E-state index >= 15 is 0 Å². The Bertz CT molecular complexity index is 369. The maximum absolute atomic E-state index is 6.14. The number of benzene rings is 1. The van der Waals surface area contributed by atoms with Crippen LogP contribution in [0.5, 0.6) is 5.75 Å². The fourth-order valence-electron chi connectivity index (χ4n) is 2.14. The number of fused-ring (bicyclic) bond motifs is 1. The highest BCUT2D eigenvalue weighted by atomic mass is 28.4. The monoisotopic (exact) mass is 206 g/mol. The quantitative estimate of drug-likeness (QED) is 0.641. The molecular weight excluding hydrogens is 188 g/mol. The minimum Gasteiger partial charge on any atom is -0.543 e. The molecular formula is C12H18OSi. The second kappa shape index (κ2) is 3.12. The molecule has 1 aliphatic heterocycles. The number of aryl methyl sites for hydroxylation is 2. The van der Waals surface area contributed by atoms with E-state index in [0.29, 0.717) is 0 Å². The molecule has 0 saturated carbocycles. The van der Waals surface area contributed by atoms with Gasteiger partial charge in [0.2, 0.25) is 8.32 Å². The molecule has 0 radical (unpaired) electrons. The zero-order valence-electron chi connectivity index (χ0n) is 9.48. The Morgan fingerprint density at radius 3 is 2.71 bits per heavy atom. The molecule has 14 heavy (non-hydrogen) atoms. The molecule has 1 aromatic rings. The predicted molar refractivity (Wildman–Crippen MR) is 62.4 cm³/mol. The maximum Gasteiger partial charge on any atom is 0.249 e. The molecule has 1 nitrogen and oxygen atoms in total. The summed E-state index contributed by atoms with van der Waals surface area (Å²) in [6.07, 6.45) is 1.08. The van der Waals surface area contributed by atoms with Crippen molar-refractivity contribution in [3.05, 3.63) is 28.8 Å². The van der Waals surface area contributed by atoms with Gasteiger partial charge in [0, 0.05) is 6.04 Å². The zero-order chi connectivity index (χ0) is 10.3. The number of hydrogen-bond donors (Lipinski definition) is 0. The van der Waals surface area contributed by atoms with Crippen molar-refractivity contribution in [2.75, 3.05) is 0 Å². The molecule has 76 valence electrons. The van der Waals surface area contributed by atoms with Gasteiger partial charge in [-0.05, 0) is 43.1 Å². The van der Waals surface area contributed by atoms with Crippen LogP contribution in [0.15, 0.2) is 12.1 Å². The summed E-state index contributed by atoms with van der Waals surface area (Å²) in [6, 6.07) is 5.63. The Labute approximate surface area is 87.2 Å². The van der Waals surface area contributed by atoms with Crippen LogP contribution in [0.25, 0.3) is 0 Å². The van der Waals surface area contributed by atoms with Crippen LogP contribution < -0.4 is 4.43 Å². The molecule has 0 bridgehead atoms. The molecule has 0 aliphatic carbocycles. The second-order valence-electron chi connectivity index (χ2n) is 4.74. The maximum atomic E-state index is 6.14. The predicted octanol–water partition coefficient (Wildman–Crippen LogP) is 3.24. The lowest BCUT2D eigenvalue weighted by molar-refractivity contribution is 0.565. The highest BCUT2D eigenvalue weighted by Gasteiger charge is 2.35. The van der Waals surface area contributed by atoms with Crippen LogP contribution in [-0.4, -0.2) is 8.32 Å². The molecule has 0 amide bonds. The molecule has 2 heteroatoms. The van der Waals surface area contributed by atoms with Gasteiger partial charge in [-0.3, -0.25) is 0 Å².